The molecule has 1 N–H and O–H groups in total. The van der Waals surface area contributed by atoms with Crippen LogP contribution in [0.15, 0.2) is 0 Å². The second-order valence-corrected chi connectivity index (χ2v) is 3.76. The summed E-state index contributed by atoms with van der Waals surface area (Å²) in [7, 11) is 0. The first-order valence-electron chi connectivity index (χ1n) is 6.25. The van der Waals surface area contributed by atoms with E-state index in [0.717, 1.165) is 12.8 Å². The van der Waals surface area contributed by atoms with Crippen molar-refractivity contribution < 1.29 is 28.8 Å². The maximum atomic E-state index is 10.9. The molecule has 0 radical (unpaired) electrons. The van der Waals surface area contributed by atoms with Crippen molar-refractivity contribution in [3.63, 3.8) is 0 Å². The van der Waals surface area contributed by atoms with E-state index in [-0.39, 0.29) is 6.61 Å². The Morgan fingerprint density at radius 3 is 2.39 bits per heavy atom. The van der Waals surface area contributed by atoms with Crippen molar-refractivity contribution in [2.45, 2.75) is 39.6 Å². The van der Waals surface area contributed by atoms with E-state index in [4.69, 9.17) is 18.9 Å². The predicted molar refractivity (Wildman–Crippen MR) is 64.9 cm³/mol. The van der Waals surface area contributed by atoms with Crippen LogP contribution in [-0.2, 0) is 23.7 Å². The Morgan fingerprint density at radius 1 is 1.17 bits per heavy atom. The third kappa shape index (κ3) is 9.35. The molecule has 0 amide bonds. The fraction of sp³-hybridized carbons (Fsp3) is 0.917. The van der Waals surface area contributed by atoms with Gasteiger partial charge in [0.05, 0.1) is 19.8 Å². The van der Waals surface area contributed by atoms with Crippen molar-refractivity contribution in [3.8, 4) is 0 Å². The monoisotopic (exact) mass is 264 g/mol. The summed E-state index contributed by atoms with van der Waals surface area (Å²) in [5.74, 6) is -2.63. The molecule has 0 saturated heterocycles. The van der Waals surface area contributed by atoms with Crippen LogP contribution in [0.3, 0.4) is 0 Å². The van der Waals surface area contributed by atoms with Crippen LogP contribution in [0.2, 0.25) is 0 Å². The van der Waals surface area contributed by atoms with Gasteiger partial charge in [0.2, 0.25) is 0 Å². The van der Waals surface area contributed by atoms with Crippen molar-refractivity contribution in [3.05, 3.63) is 0 Å². The standard InChI is InChI=1S/C12H24O6/c1-4-6-7-17-12(14,18-11(3)13)10-16-9-8-15-5-2/h14H,4-10H2,1-3H3. The average Bonchev–Trinajstić information content (AvgIpc) is 2.28. The van der Waals surface area contributed by atoms with Gasteiger partial charge < -0.3 is 24.1 Å². The Bertz CT molecular complexity index is 221. The number of carbonyl (C=O) groups is 1. The van der Waals surface area contributed by atoms with Gasteiger partial charge in [-0.1, -0.05) is 13.3 Å². The first-order chi connectivity index (χ1) is 8.54. The smallest absolute Gasteiger partial charge is 0.351 e. The van der Waals surface area contributed by atoms with Gasteiger partial charge in [-0.05, 0) is 13.3 Å². The number of ether oxygens (including phenoxy) is 4. The molecule has 1 unspecified atom stereocenters. The Kier molecular flexibility index (Phi) is 9.86. The summed E-state index contributed by atoms with van der Waals surface area (Å²) in [6, 6.07) is 0. The fourth-order valence-electron chi connectivity index (χ4n) is 1.16. The Balaban J connectivity index is 3.99. The van der Waals surface area contributed by atoms with E-state index in [9.17, 15) is 9.90 Å². The van der Waals surface area contributed by atoms with Gasteiger partial charge in [0.15, 0.2) is 0 Å². The molecule has 6 heteroatoms. The Hall–Kier alpha value is -0.690. The Morgan fingerprint density at radius 2 is 1.83 bits per heavy atom. The molecule has 0 rings (SSSR count). The number of hydrogen-bond acceptors (Lipinski definition) is 6. The van der Waals surface area contributed by atoms with Crippen molar-refractivity contribution in [1.29, 1.82) is 0 Å². The van der Waals surface area contributed by atoms with Crippen molar-refractivity contribution in [2.24, 2.45) is 0 Å². The molecular formula is C12H24O6. The molecule has 0 saturated carbocycles. The second-order valence-electron chi connectivity index (χ2n) is 3.76. The summed E-state index contributed by atoms with van der Waals surface area (Å²) in [6.07, 6.45) is 1.68. The molecular weight excluding hydrogens is 240 g/mol. The van der Waals surface area contributed by atoms with Crippen molar-refractivity contribution in [1.82, 2.24) is 0 Å². The molecule has 0 fully saturated rings. The van der Waals surface area contributed by atoms with Gasteiger partial charge in [0.1, 0.15) is 6.61 Å². The van der Waals surface area contributed by atoms with Crippen LogP contribution >= 0.6 is 0 Å². The summed E-state index contributed by atoms with van der Waals surface area (Å²) in [5, 5.41) is 9.93. The SMILES string of the molecule is CCCCOC(O)(COCCOCC)OC(C)=O. The largest absolute Gasteiger partial charge is 0.406 e. The van der Waals surface area contributed by atoms with Crippen LogP contribution in [0.1, 0.15) is 33.6 Å². The molecule has 0 aliphatic rings. The van der Waals surface area contributed by atoms with Crippen LogP contribution in [-0.4, -0.2) is 50.1 Å². The number of rotatable bonds is 11. The third-order valence-corrected chi connectivity index (χ3v) is 1.99. The van der Waals surface area contributed by atoms with Gasteiger partial charge in [0.25, 0.3) is 0 Å². The van der Waals surface area contributed by atoms with Crippen molar-refractivity contribution in [2.75, 3.05) is 33.0 Å². The van der Waals surface area contributed by atoms with E-state index in [2.05, 4.69) is 0 Å². The highest BCUT2D eigenvalue weighted by molar-refractivity contribution is 5.66. The summed E-state index contributed by atoms with van der Waals surface area (Å²) >= 11 is 0. The van der Waals surface area contributed by atoms with Crippen LogP contribution in [0.25, 0.3) is 0 Å². The number of aliphatic hydroxyl groups is 1. The summed E-state index contributed by atoms with van der Waals surface area (Å²) < 4.78 is 20.1. The molecule has 0 aliphatic heterocycles. The minimum Gasteiger partial charge on any atom is -0.406 e. The molecule has 0 aromatic heterocycles. The summed E-state index contributed by atoms with van der Waals surface area (Å²) in [4.78, 5) is 10.9. The van der Waals surface area contributed by atoms with Gasteiger partial charge in [-0.3, -0.25) is 4.79 Å². The predicted octanol–water partition coefficient (Wildman–Crippen LogP) is 1.07. The minimum absolute atomic E-state index is 0.233. The zero-order valence-electron chi connectivity index (χ0n) is 11.4. The highest BCUT2D eigenvalue weighted by Crippen LogP contribution is 2.11. The van der Waals surface area contributed by atoms with Gasteiger partial charge in [0, 0.05) is 13.5 Å². The zero-order valence-corrected chi connectivity index (χ0v) is 11.4. The van der Waals surface area contributed by atoms with Gasteiger partial charge in [-0.2, -0.15) is 0 Å². The third-order valence-electron chi connectivity index (χ3n) is 1.99. The summed E-state index contributed by atoms with van der Waals surface area (Å²) in [6.45, 7) is 6.46. The molecule has 0 heterocycles. The molecule has 0 aromatic carbocycles. The lowest BCUT2D eigenvalue weighted by molar-refractivity contribution is -0.358. The van der Waals surface area contributed by atoms with Gasteiger partial charge in [-0.15, -0.1) is 0 Å². The second kappa shape index (κ2) is 10.3. The number of hydrogen-bond donors (Lipinski definition) is 1. The number of esters is 1. The highest BCUT2D eigenvalue weighted by Gasteiger charge is 2.32. The molecule has 0 aromatic rings. The molecule has 0 spiro atoms. The zero-order chi connectivity index (χ0) is 13.9. The summed E-state index contributed by atoms with van der Waals surface area (Å²) in [5.41, 5.74) is 0. The van der Waals surface area contributed by atoms with E-state index >= 15 is 0 Å². The van der Waals surface area contributed by atoms with Crippen LogP contribution < -0.4 is 0 Å². The Labute approximate surface area is 108 Å². The van der Waals surface area contributed by atoms with E-state index in [1.54, 1.807) is 0 Å². The molecule has 0 bridgehead atoms. The topological polar surface area (TPSA) is 74.2 Å². The maximum Gasteiger partial charge on any atom is 0.351 e. The molecule has 108 valence electrons. The lowest BCUT2D eigenvalue weighted by Crippen LogP contribution is -2.42. The molecule has 6 nitrogen and oxygen atoms in total. The van der Waals surface area contributed by atoms with E-state index in [1.807, 2.05) is 13.8 Å². The molecule has 18 heavy (non-hydrogen) atoms. The van der Waals surface area contributed by atoms with Crippen LogP contribution in [0.5, 0.6) is 0 Å². The van der Waals surface area contributed by atoms with Gasteiger partial charge >= 0.3 is 11.9 Å². The number of carbonyl (C=O) groups excluding carboxylic acids is 1. The lowest BCUT2D eigenvalue weighted by atomic mass is 10.4. The van der Waals surface area contributed by atoms with Crippen LogP contribution in [0.4, 0.5) is 0 Å². The molecule has 1 atom stereocenters. The highest BCUT2D eigenvalue weighted by atomic mass is 16.8. The lowest BCUT2D eigenvalue weighted by Gasteiger charge is -2.26. The van der Waals surface area contributed by atoms with Crippen LogP contribution in [0, 0.1) is 0 Å². The minimum atomic E-state index is -2.01. The van der Waals surface area contributed by atoms with E-state index in [0.29, 0.717) is 26.4 Å². The quantitative estimate of drug-likeness (QED) is 0.342. The fourth-order valence-corrected chi connectivity index (χ4v) is 1.16. The first-order valence-corrected chi connectivity index (χ1v) is 6.25. The first kappa shape index (κ1) is 17.3. The molecule has 0 aliphatic carbocycles. The van der Waals surface area contributed by atoms with Gasteiger partial charge in [-0.25, -0.2) is 0 Å². The average molecular weight is 264 g/mol. The van der Waals surface area contributed by atoms with Crippen molar-refractivity contribution >= 4 is 5.97 Å². The van der Waals surface area contributed by atoms with E-state index < -0.39 is 11.9 Å². The van der Waals surface area contributed by atoms with E-state index in [1.165, 1.54) is 6.92 Å². The normalized spacial score (nSPS) is 14.2. The maximum absolute atomic E-state index is 10.9. The number of unbranched alkanes of at least 4 members (excludes halogenated alkanes) is 1.